The molecule has 1 aliphatic rings. The lowest BCUT2D eigenvalue weighted by atomic mass is 9.83. The topological polar surface area (TPSA) is 38.3 Å². The molecular weight excluding hydrogens is 226 g/mol. The number of carbonyl (C=O) groups is 1. The first-order chi connectivity index (χ1) is 8.58. The van der Waals surface area contributed by atoms with E-state index in [9.17, 15) is 4.79 Å². The summed E-state index contributed by atoms with van der Waals surface area (Å²) >= 11 is 0. The van der Waals surface area contributed by atoms with Crippen molar-refractivity contribution in [3.63, 3.8) is 0 Å². The van der Waals surface area contributed by atoms with E-state index in [0.717, 1.165) is 24.8 Å². The molecule has 0 bridgehead atoms. The summed E-state index contributed by atoms with van der Waals surface area (Å²) in [5.41, 5.74) is 0. The van der Waals surface area contributed by atoms with Gasteiger partial charge in [-0.1, -0.05) is 40.0 Å². The Morgan fingerprint density at radius 2 is 1.94 bits per heavy atom. The van der Waals surface area contributed by atoms with Crippen molar-refractivity contribution in [1.29, 1.82) is 0 Å². The molecule has 3 nitrogen and oxygen atoms in total. The minimum Gasteiger partial charge on any atom is -0.468 e. The van der Waals surface area contributed by atoms with Crippen molar-refractivity contribution < 1.29 is 9.53 Å². The molecule has 1 saturated carbocycles. The normalized spacial score (nSPS) is 27.6. The lowest BCUT2D eigenvalue weighted by Crippen LogP contribution is -2.44. The molecule has 2 atom stereocenters. The monoisotopic (exact) mass is 255 g/mol. The number of hydrogen-bond donors (Lipinski definition) is 1. The maximum Gasteiger partial charge on any atom is 0.323 e. The lowest BCUT2D eigenvalue weighted by Gasteiger charge is -2.29. The Hall–Kier alpha value is -0.570. The van der Waals surface area contributed by atoms with E-state index in [1.807, 2.05) is 0 Å². The maximum absolute atomic E-state index is 11.8. The first-order valence-corrected chi connectivity index (χ1v) is 7.39. The quantitative estimate of drug-likeness (QED) is 0.742. The van der Waals surface area contributed by atoms with Crippen LogP contribution in [0.2, 0.25) is 0 Å². The van der Waals surface area contributed by atoms with Crippen molar-refractivity contribution >= 4 is 5.97 Å². The number of carbonyl (C=O) groups excluding carboxylic acids is 1. The Morgan fingerprint density at radius 3 is 2.44 bits per heavy atom. The smallest absolute Gasteiger partial charge is 0.323 e. The molecule has 0 saturated heterocycles. The molecule has 0 spiro atoms. The number of nitrogens with one attached hydrogen (secondary N) is 1. The SMILES string of the molecule is CCC(C)C(NCC1CCC(C)CC1)C(=O)OC. The summed E-state index contributed by atoms with van der Waals surface area (Å²) in [6.45, 7) is 7.51. The van der Waals surface area contributed by atoms with Gasteiger partial charge in [-0.05, 0) is 37.1 Å². The third-order valence-electron chi connectivity index (χ3n) is 4.43. The van der Waals surface area contributed by atoms with Crippen molar-refractivity contribution in [2.75, 3.05) is 13.7 Å². The molecular formula is C15H29NO2. The summed E-state index contributed by atoms with van der Waals surface area (Å²) < 4.78 is 4.89. The molecule has 0 aromatic heterocycles. The van der Waals surface area contributed by atoms with Gasteiger partial charge in [-0.2, -0.15) is 0 Å². The molecule has 0 heterocycles. The summed E-state index contributed by atoms with van der Waals surface area (Å²) in [7, 11) is 1.47. The first kappa shape index (κ1) is 15.5. The average molecular weight is 255 g/mol. The van der Waals surface area contributed by atoms with Crippen LogP contribution in [0.1, 0.15) is 52.9 Å². The second-order valence-corrected chi connectivity index (χ2v) is 5.92. The van der Waals surface area contributed by atoms with Crippen LogP contribution in [0, 0.1) is 17.8 Å². The van der Waals surface area contributed by atoms with E-state index in [2.05, 4.69) is 26.1 Å². The highest BCUT2D eigenvalue weighted by molar-refractivity contribution is 5.75. The number of hydrogen-bond acceptors (Lipinski definition) is 3. The molecule has 3 heteroatoms. The minimum atomic E-state index is -0.139. The molecule has 18 heavy (non-hydrogen) atoms. The molecule has 0 radical (unpaired) electrons. The highest BCUT2D eigenvalue weighted by atomic mass is 16.5. The fourth-order valence-electron chi connectivity index (χ4n) is 2.71. The second-order valence-electron chi connectivity index (χ2n) is 5.92. The first-order valence-electron chi connectivity index (χ1n) is 7.39. The van der Waals surface area contributed by atoms with Crippen LogP contribution in [-0.2, 0) is 9.53 Å². The van der Waals surface area contributed by atoms with Crippen LogP contribution in [0.25, 0.3) is 0 Å². The summed E-state index contributed by atoms with van der Waals surface area (Å²) in [4.78, 5) is 11.8. The Kier molecular flexibility index (Phi) is 6.69. The summed E-state index contributed by atoms with van der Waals surface area (Å²) in [6, 6.07) is -0.139. The molecule has 0 aromatic carbocycles. The number of ether oxygens (including phenoxy) is 1. The minimum absolute atomic E-state index is 0.117. The van der Waals surface area contributed by atoms with E-state index in [1.165, 1.54) is 32.8 Å². The van der Waals surface area contributed by atoms with E-state index >= 15 is 0 Å². The third-order valence-corrected chi connectivity index (χ3v) is 4.43. The number of methoxy groups -OCH3 is 1. The lowest BCUT2D eigenvalue weighted by molar-refractivity contribution is -0.144. The Labute approximate surface area is 112 Å². The molecule has 1 fully saturated rings. The van der Waals surface area contributed by atoms with Crippen molar-refractivity contribution in [3.05, 3.63) is 0 Å². The van der Waals surface area contributed by atoms with Gasteiger partial charge in [0.2, 0.25) is 0 Å². The van der Waals surface area contributed by atoms with Gasteiger partial charge in [0, 0.05) is 0 Å². The number of esters is 1. The van der Waals surface area contributed by atoms with Crippen LogP contribution < -0.4 is 5.32 Å². The van der Waals surface area contributed by atoms with Gasteiger partial charge in [0.05, 0.1) is 7.11 Å². The zero-order valence-corrected chi connectivity index (χ0v) is 12.4. The molecule has 0 amide bonds. The van der Waals surface area contributed by atoms with Crippen LogP contribution >= 0.6 is 0 Å². The van der Waals surface area contributed by atoms with Crippen LogP contribution in [-0.4, -0.2) is 25.7 Å². The third kappa shape index (κ3) is 4.60. The van der Waals surface area contributed by atoms with E-state index in [4.69, 9.17) is 4.74 Å². The standard InChI is InChI=1S/C15H29NO2/c1-5-12(3)14(15(17)18-4)16-10-13-8-6-11(2)7-9-13/h11-14,16H,5-10H2,1-4H3. The van der Waals surface area contributed by atoms with Gasteiger partial charge < -0.3 is 10.1 Å². The molecule has 106 valence electrons. The predicted molar refractivity (Wildman–Crippen MR) is 74.4 cm³/mol. The highest BCUT2D eigenvalue weighted by Crippen LogP contribution is 2.27. The van der Waals surface area contributed by atoms with Crippen molar-refractivity contribution in [2.45, 2.75) is 58.9 Å². The summed E-state index contributed by atoms with van der Waals surface area (Å²) in [5, 5.41) is 3.43. The zero-order chi connectivity index (χ0) is 13.5. The Balaban J connectivity index is 2.39. The second kappa shape index (κ2) is 7.78. The molecule has 1 rings (SSSR count). The van der Waals surface area contributed by atoms with Gasteiger partial charge in [0.1, 0.15) is 6.04 Å². The van der Waals surface area contributed by atoms with Crippen LogP contribution in [0.3, 0.4) is 0 Å². The Bertz CT molecular complexity index is 247. The van der Waals surface area contributed by atoms with Gasteiger partial charge in [-0.25, -0.2) is 0 Å². The average Bonchev–Trinajstić information content (AvgIpc) is 2.40. The number of rotatable bonds is 6. The van der Waals surface area contributed by atoms with Crippen molar-refractivity contribution in [3.8, 4) is 0 Å². The van der Waals surface area contributed by atoms with Crippen LogP contribution in [0.5, 0.6) is 0 Å². The predicted octanol–water partition coefficient (Wildman–Crippen LogP) is 2.99. The largest absolute Gasteiger partial charge is 0.468 e. The van der Waals surface area contributed by atoms with Crippen molar-refractivity contribution in [2.24, 2.45) is 17.8 Å². The van der Waals surface area contributed by atoms with E-state index in [0.29, 0.717) is 5.92 Å². The van der Waals surface area contributed by atoms with E-state index < -0.39 is 0 Å². The molecule has 0 aliphatic heterocycles. The summed E-state index contributed by atoms with van der Waals surface area (Å²) in [5.74, 6) is 1.83. The Morgan fingerprint density at radius 1 is 1.33 bits per heavy atom. The van der Waals surface area contributed by atoms with Gasteiger partial charge in [0.15, 0.2) is 0 Å². The van der Waals surface area contributed by atoms with Gasteiger partial charge >= 0.3 is 5.97 Å². The molecule has 2 unspecified atom stereocenters. The maximum atomic E-state index is 11.8. The van der Waals surface area contributed by atoms with Crippen LogP contribution in [0.4, 0.5) is 0 Å². The highest BCUT2D eigenvalue weighted by Gasteiger charge is 2.26. The molecule has 1 N–H and O–H groups in total. The van der Waals surface area contributed by atoms with Gasteiger partial charge in [0.25, 0.3) is 0 Å². The fraction of sp³-hybridized carbons (Fsp3) is 0.933. The fourth-order valence-corrected chi connectivity index (χ4v) is 2.71. The van der Waals surface area contributed by atoms with Gasteiger partial charge in [-0.3, -0.25) is 4.79 Å². The van der Waals surface area contributed by atoms with E-state index in [1.54, 1.807) is 0 Å². The van der Waals surface area contributed by atoms with Crippen LogP contribution in [0.15, 0.2) is 0 Å². The summed E-state index contributed by atoms with van der Waals surface area (Å²) in [6.07, 6.45) is 6.25. The molecule has 0 aromatic rings. The van der Waals surface area contributed by atoms with Crippen molar-refractivity contribution in [1.82, 2.24) is 5.32 Å². The zero-order valence-electron chi connectivity index (χ0n) is 12.4. The van der Waals surface area contributed by atoms with E-state index in [-0.39, 0.29) is 12.0 Å². The van der Waals surface area contributed by atoms with Gasteiger partial charge in [-0.15, -0.1) is 0 Å². The molecule has 1 aliphatic carbocycles.